The van der Waals surface area contributed by atoms with Gasteiger partial charge in [-0.3, -0.25) is 14.9 Å². The lowest BCUT2D eigenvalue weighted by Crippen LogP contribution is -2.56. The number of nitrogens with one attached hydrogen (secondary N) is 1. The normalized spacial score (nSPS) is 39.9. The summed E-state index contributed by atoms with van der Waals surface area (Å²) in [4.78, 5) is 34.1. The molecule has 0 saturated heterocycles. The highest BCUT2D eigenvalue weighted by atomic mass is 35.5. The number of imide groups is 1. The van der Waals surface area contributed by atoms with Crippen molar-refractivity contribution in [3.8, 4) is 0 Å². The number of rotatable bonds is 3. The van der Waals surface area contributed by atoms with Crippen LogP contribution in [0.1, 0.15) is 38.5 Å². The van der Waals surface area contributed by atoms with Gasteiger partial charge >= 0.3 is 12.0 Å². The Balaban J connectivity index is 1.64. The van der Waals surface area contributed by atoms with Crippen LogP contribution in [0, 0.1) is 17.3 Å². The molecule has 21 heavy (non-hydrogen) atoms. The highest BCUT2D eigenvalue weighted by molar-refractivity contribution is 6.24. The van der Waals surface area contributed by atoms with Crippen LogP contribution in [0.4, 0.5) is 4.79 Å². The van der Waals surface area contributed by atoms with Gasteiger partial charge < -0.3 is 10.5 Å². The zero-order chi connectivity index (χ0) is 15.3. The number of primary amides is 1. The molecule has 6 nitrogen and oxygen atoms in total. The van der Waals surface area contributed by atoms with Crippen LogP contribution < -0.4 is 11.1 Å². The molecule has 3 amide bonds. The maximum Gasteiger partial charge on any atom is 0.318 e. The van der Waals surface area contributed by atoms with Gasteiger partial charge in [-0.25, -0.2) is 4.79 Å². The van der Waals surface area contributed by atoms with E-state index in [1.807, 2.05) is 5.32 Å². The zero-order valence-corrected chi connectivity index (χ0v) is 12.4. The van der Waals surface area contributed by atoms with Gasteiger partial charge in [-0.15, -0.1) is 11.6 Å². The standard InChI is InChI=1S/C14H19ClN2O4/c15-14-4-8-1-9(5-14)3-13(2-8,7-14)11(19)21-6-10(18)17-12(16)20/h8-9H,1-7H2,(H3,16,17,18,20)/t8-,9+,13?,14?. The number of amides is 3. The summed E-state index contributed by atoms with van der Waals surface area (Å²) in [7, 11) is 0. The third-order valence-electron chi connectivity index (χ3n) is 5.02. The van der Waals surface area contributed by atoms with Gasteiger partial charge in [0, 0.05) is 4.87 Å². The Morgan fingerprint density at radius 3 is 2.33 bits per heavy atom. The molecule has 4 fully saturated rings. The van der Waals surface area contributed by atoms with Crippen LogP contribution in [0.5, 0.6) is 0 Å². The second-order valence-electron chi connectivity index (χ2n) is 6.88. The highest BCUT2D eigenvalue weighted by Gasteiger charge is 2.60. The molecule has 0 spiro atoms. The fraction of sp³-hybridized carbons (Fsp3) is 0.786. The van der Waals surface area contributed by atoms with Crippen molar-refractivity contribution in [3.63, 3.8) is 0 Å². The van der Waals surface area contributed by atoms with E-state index in [2.05, 4.69) is 0 Å². The summed E-state index contributed by atoms with van der Waals surface area (Å²) in [6.07, 6.45) is 5.32. The summed E-state index contributed by atoms with van der Waals surface area (Å²) in [5, 5.41) is 1.88. The first kappa shape index (κ1) is 14.6. The van der Waals surface area contributed by atoms with E-state index >= 15 is 0 Å². The molecular formula is C14H19ClN2O4. The fourth-order valence-corrected chi connectivity index (χ4v) is 5.54. The van der Waals surface area contributed by atoms with Gasteiger partial charge in [0.2, 0.25) is 0 Å². The van der Waals surface area contributed by atoms with Crippen LogP contribution in [0.2, 0.25) is 0 Å². The smallest absolute Gasteiger partial charge is 0.318 e. The Bertz CT molecular complexity index is 493. The molecule has 4 aliphatic carbocycles. The minimum Gasteiger partial charge on any atom is -0.455 e. The molecule has 4 saturated carbocycles. The second kappa shape index (κ2) is 4.87. The summed E-state index contributed by atoms with van der Waals surface area (Å²) in [5.74, 6) is -0.103. The topological polar surface area (TPSA) is 98.5 Å². The molecule has 4 bridgehead atoms. The van der Waals surface area contributed by atoms with Gasteiger partial charge in [0.1, 0.15) is 0 Å². The van der Waals surface area contributed by atoms with Crippen molar-refractivity contribution < 1.29 is 19.1 Å². The molecule has 0 aromatic heterocycles. The lowest BCUT2D eigenvalue weighted by Gasteiger charge is -2.58. The third-order valence-corrected chi connectivity index (χ3v) is 5.46. The Morgan fingerprint density at radius 2 is 1.81 bits per heavy atom. The van der Waals surface area contributed by atoms with Crippen molar-refractivity contribution in [2.75, 3.05) is 6.61 Å². The van der Waals surface area contributed by atoms with Crippen molar-refractivity contribution in [2.24, 2.45) is 23.0 Å². The number of alkyl halides is 1. The molecule has 0 radical (unpaired) electrons. The molecule has 7 heteroatoms. The average Bonchev–Trinajstić information content (AvgIpc) is 2.31. The predicted octanol–water partition coefficient (Wildman–Crippen LogP) is 1.30. The van der Waals surface area contributed by atoms with E-state index in [4.69, 9.17) is 22.1 Å². The van der Waals surface area contributed by atoms with Gasteiger partial charge in [-0.1, -0.05) is 0 Å². The number of hydrogen-bond acceptors (Lipinski definition) is 4. The minimum absolute atomic E-state index is 0.279. The molecule has 0 heterocycles. The van der Waals surface area contributed by atoms with Crippen molar-refractivity contribution in [3.05, 3.63) is 0 Å². The van der Waals surface area contributed by atoms with Crippen molar-refractivity contribution in [2.45, 2.75) is 43.4 Å². The Hall–Kier alpha value is -1.30. The third kappa shape index (κ3) is 2.73. The Labute approximate surface area is 127 Å². The molecular weight excluding hydrogens is 296 g/mol. The van der Waals surface area contributed by atoms with Gasteiger partial charge in [-0.2, -0.15) is 0 Å². The first-order valence-electron chi connectivity index (χ1n) is 7.26. The number of urea groups is 1. The number of hydrogen-bond donors (Lipinski definition) is 2. The summed E-state index contributed by atoms with van der Waals surface area (Å²) in [6.45, 7) is -0.478. The van der Waals surface area contributed by atoms with Gasteiger partial charge in [0.25, 0.3) is 5.91 Å². The molecule has 4 aliphatic rings. The van der Waals surface area contributed by atoms with Crippen molar-refractivity contribution >= 4 is 29.5 Å². The van der Waals surface area contributed by atoms with E-state index in [0.29, 0.717) is 18.3 Å². The maximum absolute atomic E-state index is 12.5. The van der Waals surface area contributed by atoms with Crippen molar-refractivity contribution in [1.82, 2.24) is 5.32 Å². The van der Waals surface area contributed by atoms with E-state index < -0.39 is 24.0 Å². The van der Waals surface area contributed by atoms with Gasteiger partial charge in [0.15, 0.2) is 6.61 Å². The molecule has 0 aromatic rings. The van der Waals surface area contributed by atoms with E-state index in [0.717, 1.165) is 32.1 Å². The summed E-state index contributed by atoms with van der Waals surface area (Å²) < 4.78 is 5.12. The van der Waals surface area contributed by atoms with Gasteiger partial charge in [-0.05, 0) is 50.4 Å². The molecule has 0 aliphatic heterocycles. The zero-order valence-electron chi connectivity index (χ0n) is 11.7. The van der Waals surface area contributed by atoms with Crippen LogP contribution in [0.3, 0.4) is 0 Å². The average molecular weight is 315 g/mol. The number of halogens is 1. The van der Waals surface area contributed by atoms with E-state index in [1.54, 1.807) is 0 Å². The monoisotopic (exact) mass is 314 g/mol. The molecule has 2 unspecified atom stereocenters. The van der Waals surface area contributed by atoms with E-state index in [-0.39, 0.29) is 10.8 Å². The first-order chi connectivity index (χ1) is 9.80. The number of nitrogens with two attached hydrogens (primary N) is 1. The fourth-order valence-electron chi connectivity index (χ4n) is 4.85. The molecule has 116 valence electrons. The number of carbonyl (C=O) groups excluding carboxylic acids is 3. The van der Waals surface area contributed by atoms with Crippen molar-refractivity contribution in [1.29, 1.82) is 0 Å². The summed E-state index contributed by atoms with van der Waals surface area (Å²) in [5.41, 5.74) is 4.29. The van der Waals surface area contributed by atoms with E-state index in [9.17, 15) is 14.4 Å². The molecule has 0 aromatic carbocycles. The van der Waals surface area contributed by atoms with Gasteiger partial charge in [0.05, 0.1) is 5.41 Å². The lowest BCUT2D eigenvalue weighted by atomic mass is 9.49. The number of ether oxygens (including phenoxy) is 1. The Kier molecular flexibility index (Phi) is 3.39. The quantitative estimate of drug-likeness (QED) is 0.606. The van der Waals surface area contributed by atoms with Crippen LogP contribution >= 0.6 is 11.6 Å². The minimum atomic E-state index is -0.953. The van der Waals surface area contributed by atoms with E-state index in [1.165, 1.54) is 0 Å². The van der Waals surface area contributed by atoms with Crippen LogP contribution in [0.25, 0.3) is 0 Å². The van der Waals surface area contributed by atoms with Crippen LogP contribution in [-0.2, 0) is 14.3 Å². The number of carbonyl (C=O) groups is 3. The van der Waals surface area contributed by atoms with Crippen LogP contribution in [0.15, 0.2) is 0 Å². The highest BCUT2D eigenvalue weighted by Crippen LogP contribution is 2.64. The summed E-state index contributed by atoms with van der Waals surface area (Å²) >= 11 is 6.65. The van der Waals surface area contributed by atoms with Crippen LogP contribution in [-0.4, -0.2) is 29.4 Å². The molecule has 4 atom stereocenters. The molecule has 4 rings (SSSR count). The lowest BCUT2D eigenvalue weighted by molar-refractivity contribution is -0.171. The Morgan fingerprint density at radius 1 is 1.19 bits per heavy atom. The SMILES string of the molecule is NC(=O)NC(=O)COC(=O)C12C[C@@H]3C[C@@H](CC(Cl)(C3)C1)C2. The summed E-state index contributed by atoms with van der Waals surface area (Å²) in [6, 6.07) is -0.953. The first-order valence-corrected chi connectivity index (χ1v) is 7.64. The predicted molar refractivity (Wildman–Crippen MR) is 74.4 cm³/mol. The number of esters is 1. The maximum atomic E-state index is 12.5. The largest absolute Gasteiger partial charge is 0.455 e. The molecule has 3 N–H and O–H groups in total. The second-order valence-corrected chi connectivity index (χ2v) is 7.68.